The lowest BCUT2D eigenvalue weighted by Gasteiger charge is -2.37. The number of oxazole rings is 1. The Labute approximate surface area is 157 Å². The van der Waals surface area contributed by atoms with Crippen molar-refractivity contribution in [1.82, 2.24) is 4.98 Å². The topological polar surface area (TPSA) is 52.3 Å². The van der Waals surface area contributed by atoms with Gasteiger partial charge in [0, 0.05) is 5.02 Å². The predicted octanol–water partition coefficient (Wildman–Crippen LogP) is 4.80. The van der Waals surface area contributed by atoms with E-state index in [1.165, 1.54) is 19.2 Å². The Morgan fingerprint density at radius 1 is 1.50 bits per heavy atom. The fraction of sp³-hybridized carbons (Fsp3) is 0.450. The number of halogens is 2. The molecule has 1 aromatic carbocycles. The number of hydrogen-bond acceptors (Lipinski definition) is 4. The molecule has 0 N–H and O–H groups in total. The number of methoxy groups -OCH3 is 1. The van der Waals surface area contributed by atoms with E-state index in [9.17, 15) is 9.18 Å². The van der Waals surface area contributed by atoms with Gasteiger partial charge in [-0.05, 0) is 56.2 Å². The van der Waals surface area contributed by atoms with Crippen LogP contribution in [0, 0.1) is 25.1 Å². The molecule has 1 radical (unpaired) electrons. The second-order valence-electron chi connectivity index (χ2n) is 6.94. The van der Waals surface area contributed by atoms with E-state index in [0.717, 1.165) is 18.4 Å². The van der Waals surface area contributed by atoms with Gasteiger partial charge in [0.25, 0.3) is 0 Å². The van der Waals surface area contributed by atoms with Crippen LogP contribution in [0.2, 0.25) is 5.02 Å². The third-order valence-electron chi connectivity index (χ3n) is 5.18. The molecule has 1 fully saturated rings. The van der Waals surface area contributed by atoms with Crippen LogP contribution in [-0.2, 0) is 21.4 Å². The van der Waals surface area contributed by atoms with E-state index in [4.69, 9.17) is 20.8 Å². The smallest absolute Gasteiger partial charge is 0.311 e. The Hall–Kier alpha value is -1.88. The summed E-state index contributed by atoms with van der Waals surface area (Å²) in [5.41, 5.74) is 0.800. The first-order valence-electron chi connectivity index (χ1n) is 8.68. The number of ether oxygens (including phenoxy) is 1. The highest BCUT2D eigenvalue weighted by Crippen LogP contribution is 2.48. The summed E-state index contributed by atoms with van der Waals surface area (Å²) < 4.78 is 24.3. The van der Waals surface area contributed by atoms with Crippen molar-refractivity contribution < 1.29 is 18.3 Å². The summed E-state index contributed by atoms with van der Waals surface area (Å²) in [5.74, 6) is 0.836. The zero-order valence-corrected chi connectivity index (χ0v) is 15.9. The number of aromatic nitrogens is 1. The monoisotopic (exact) mass is 378 g/mol. The maximum Gasteiger partial charge on any atom is 0.311 e. The van der Waals surface area contributed by atoms with Crippen molar-refractivity contribution in [2.24, 2.45) is 5.92 Å². The molecule has 26 heavy (non-hydrogen) atoms. The summed E-state index contributed by atoms with van der Waals surface area (Å²) in [4.78, 5) is 16.2. The Morgan fingerprint density at radius 3 is 2.88 bits per heavy atom. The van der Waals surface area contributed by atoms with Crippen LogP contribution < -0.4 is 0 Å². The zero-order chi connectivity index (χ0) is 18.9. The molecule has 0 aliphatic heterocycles. The van der Waals surface area contributed by atoms with Crippen molar-refractivity contribution in [2.45, 2.75) is 44.9 Å². The van der Waals surface area contributed by atoms with Crippen molar-refractivity contribution in [2.75, 3.05) is 7.11 Å². The standard InChI is InChI=1S/C20H22ClFNO3/c1-12-6-8-20(9-7-12,15-5-4-14(22)10-16(15)21)19-23-17(13(2)26-19)11-18(24)25-3/h4-6,10,12H,7-9,11H2,1-3H3. The molecular weight excluding hydrogens is 357 g/mol. The van der Waals surface area contributed by atoms with Gasteiger partial charge < -0.3 is 9.15 Å². The van der Waals surface area contributed by atoms with Gasteiger partial charge in [0.05, 0.1) is 24.6 Å². The highest BCUT2D eigenvalue weighted by Gasteiger charge is 2.43. The summed E-state index contributed by atoms with van der Waals surface area (Å²) in [5, 5.41) is 0.360. The van der Waals surface area contributed by atoms with E-state index in [0.29, 0.717) is 34.7 Å². The summed E-state index contributed by atoms with van der Waals surface area (Å²) in [6, 6.07) is 4.44. The van der Waals surface area contributed by atoms with Gasteiger partial charge in [0.15, 0.2) is 0 Å². The van der Waals surface area contributed by atoms with Crippen LogP contribution in [0.1, 0.15) is 49.1 Å². The molecule has 1 aromatic heterocycles. The fourth-order valence-corrected chi connectivity index (χ4v) is 3.88. The Morgan fingerprint density at radius 2 is 2.27 bits per heavy atom. The minimum Gasteiger partial charge on any atom is -0.469 e. The van der Waals surface area contributed by atoms with Gasteiger partial charge in [-0.15, -0.1) is 0 Å². The lowest BCUT2D eigenvalue weighted by Crippen LogP contribution is -2.33. The number of carbonyl (C=O) groups is 1. The van der Waals surface area contributed by atoms with E-state index >= 15 is 0 Å². The first-order chi connectivity index (χ1) is 12.4. The van der Waals surface area contributed by atoms with Gasteiger partial charge in [0.1, 0.15) is 11.6 Å². The minimum absolute atomic E-state index is 0.0547. The molecule has 2 unspecified atom stereocenters. The highest BCUT2D eigenvalue weighted by molar-refractivity contribution is 6.31. The van der Waals surface area contributed by atoms with Crippen LogP contribution >= 0.6 is 11.6 Å². The van der Waals surface area contributed by atoms with Gasteiger partial charge in [-0.2, -0.15) is 0 Å². The molecule has 3 rings (SSSR count). The Balaban J connectivity index is 2.07. The van der Waals surface area contributed by atoms with Gasteiger partial charge in [0.2, 0.25) is 5.89 Å². The van der Waals surface area contributed by atoms with Gasteiger partial charge in [-0.1, -0.05) is 24.6 Å². The molecule has 1 aliphatic carbocycles. The second kappa shape index (κ2) is 7.39. The van der Waals surface area contributed by atoms with E-state index in [-0.39, 0.29) is 18.2 Å². The normalized spacial score (nSPS) is 23.0. The SMILES string of the molecule is COC(=O)Cc1nc(C2(c3ccc(F)cc3Cl)C[CH]C(C)CC2)oc1C. The molecule has 2 atom stereocenters. The fourth-order valence-electron chi connectivity index (χ4n) is 3.53. The highest BCUT2D eigenvalue weighted by atomic mass is 35.5. The van der Waals surface area contributed by atoms with Crippen LogP contribution in [0.25, 0.3) is 0 Å². The molecule has 2 aromatic rings. The third kappa shape index (κ3) is 3.50. The van der Waals surface area contributed by atoms with Crippen LogP contribution in [0.4, 0.5) is 4.39 Å². The van der Waals surface area contributed by atoms with Crippen molar-refractivity contribution in [1.29, 1.82) is 0 Å². The Kier molecular flexibility index (Phi) is 5.37. The molecule has 1 aliphatic rings. The third-order valence-corrected chi connectivity index (χ3v) is 5.50. The van der Waals surface area contributed by atoms with E-state index in [2.05, 4.69) is 18.3 Å². The molecular formula is C20H22ClFNO3. The number of hydrogen-bond donors (Lipinski definition) is 0. The second-order valence-corrected chi connectivity index (χ2v) is 7.34. The number of esters is 1. The molecule has 0 bridgehead atoms. The zero-order valence-electron chi connectivity index (χ0n) is 15.1. The van der Waals surface area contributed by atoms with Crippen molar-refractivity contribution in [3.63, 3.8) is 0 Å². The number of aryl methyl sites for hydroxylation is 1. The molecule has 1 heterocycles. The lowest BCUT2D eigenvalue weighted by atomic mass is 9.66. The molecule has 0 spiro atoms. The molecule has 0 saturated heterocycles. The average molecular weight is 379 g/mol. The maximum absolute atomic E-state index is 13.6. The van der Waals surface area contributed by atoms with Crippen LogP contribution in [-0.4, -0.2) is 18.1 Å². The molecule has 139 valence electrons. The van der Waals surface area contributed by atoms with Crippen LogP contribution in [0.3, 0.4) is 0 Å². The first-order valence-corrected chi connectivity index (χ1v) is 9.06. The van der Waals surface area contributed by atoms with Gasteiger partial charge in [-0.3, -0.25) is 4.79 Å². The van der Waals surface area contributed by atoms with Crippen molar-refractivity contribution in [3.05, 3.63) is 58.4 Å². The molecule has 1 saturated carbocycles. The van der Waals surface area contributed by atoms with Crippen molar-refractivity contribution >= 4 is 17.6 Å². The summed E-state index contributed by atoms with van der Waals surface area (Å²) in [7, 11) is 1.34. The maximum atomic E-state index is 13.6. The summed E-state index contributed by atoms with van der Waals surface area (Å²) in [6.45, 7) is 3.95. The number of carbonyl (C=O) groups excluding carboxylic acids is 1. The first kappa shape index (κ1) is 18.9. The number of benzene rings is 1. The Bertz CT molecular complexity index is 809. The average Bonchev–Trinajstić information content (AvgIpc) is 2.97. The van der Waals surface area contributed by atoms with E-state index < -0.39 is 5.41 Å². The molecule has 4 nitrogen and oxygen atoms in total. The molecule has 6 heteroatoms. The number of rotatable bonds is 4. The van der Waals surface area contributed by atoms with E-state index in [1.807, 2.05) is 0 Å². The van der Waals surface area contributed by atoms with E-state index in [1.54, 1.807) is 13.0 Å². The van der Waals surface area contributed by atoms with Crippen molar-refractivity contribution in [3.8, 4) is 0 Å². The van der Waals surface area contributed by atoms with Crippen LogP contribution in [0.15, 0.2) is 22.6 Å². The predicted molar refractivity (Wildman–Crippen MR) is 96.5 cm³/mol. The van der Waals surface area contributed by atoms with Gasteiger partial charge in [-0.25, -0.2) is 9.37 Å². The number of nitrogens with zero attached hydrogens (tertiary/aromatic N) is 1. The summed E-state index contributed by atoms with van der Waals surface area (Å²) in [6.07, 6.45) is 4.70. The lowest BCUT2D eigenvalue weighted by molar-refractivity contribution is -0.139. The van der Waals surface area contributed by atoms with Gasteiger partial charge >= 0.3 is 5.97 Å². The minimum atomic E-state index is -0.559. The molecule has 0 amide bonds. The van der Waals surface area contributed by atoms with Crippen LogP contribution in [0.5, 0.6) is 0 Å². The largest absolute Gasteiger partial charge is 0.469 e. The summed E-state index contributed by atoms with van der Waals surface area (Å²) >= 11 is 6.39. The quantitative estimate of drug-likeness (QED) is 0.717.